The molecule has 2 heterocycles. The van der Waals surface area contributed by atoms with E-state index in [9.17, 15) is 4.79 Å². The number of anilines is 1. The molecule has 0 atom stereocenters. The first-order chi connectivity index (χ1) is 15.2. The van der Waals surface area contributed by atoms with Crippen molar-refractivity contribution in [2.24, 2.45) is 0 Å². The van der Waals surface area contributed by atoms with Crippen LogP contribution >= 0.6 is 11.3 Å². The van der Waals surface area contributed by atoms with E-state index in [1.54, 1.807) is 11.3 Å². The minimum atomic E-state index is 0.0719. The predicted molar refractivity (Wildman–Crippen MR) is 126 cm³/mol. The van der Waals surface area contributed by atoms with Gasteiger partial charge in [0.15, 0.2) is 5.13 Å². The third kappa shape index (κ3) is 4.93. The van der Waals surface area contributed by atoms with Crippen LogP contribution < -0.4 is 14.4 Å². The molecule has 0 saturated carbocycles. The second-order valence-corrected chi connectivity index (χ2v) is 8.55. The van der Waals surface area contributed by atoms with E-state index >= 15 is 0 Å². The summed E-state index contributed by atoms with van der Waals surface area (Å²) >= 11 is 1.68. The van der Waals surface area contributed by atoms with E-state index in [4.69, 9.17) is 14.5 Å². The molecular weight excluding hydrogens is 410 g/mol. The molecule has 0 unspecified atom stereocenters. The SMILES string of the molecule is CCCCOc1ccc(C(=O)N2CCN(c3nc4c(OCC)cccc4s3)CC2)cc1. The fourth-order valence-corrected chi connectivity index (χ4v) is 4.67. The summed E-state index contributed by atoms with van der Waals surface area (Å²) in [7, 11) is 0. The number of amides is 1. The average Bonchev–Trinajstić information content (AvgIpc) is 3.25. The van der Waals surface area contributed by atoms with Gasteiger partial charge in [-0.1, -0.05) is 30.7 Å². The van der Waals surface area contributed by atoms with Crippen LogP contribution in [0.15, 0.2) is 42.5 Å². The Labute approximate surface area is 187 Å². The summed E-state index contributed by atoms with van der Waals surface area (Å²) in [5.41, 5.74) is 1.63. The number of piperazine rings is 1. The lowest BCUT2D eigenvalue weighted by atomic mass is 10.1. The summed E-state index contributed by atoms with van der Waals surface area (Å²) in [4.78, 5) is 21.9. The van der Waals surface area contributed by atoms with Crippen molar-refractivity contribution in [1.29, 1.82) is 0 Å². The van der Waals surface area contributed by atoms with Crippen molar-refractivity contribution in [3.05, 3.63) is 48.0 Å². The number of rotatable bonds is 8. The number of para-hydroxylation sites is 1. The minimum Gasteiger partial charge on any atom is -0.494 e. The number of ether oxygens (including phenoxy) is 2. The third-order valence-electron chi connectivity index (χ3n) is 5.38. The Morgan fingerprint density at radius 2 is 1.81 bits per heavy atom. The van der Waals surface area contributed by atoms with Gasteiger partial charge in [0.25, 0.3) is 5.91 Å². The molecule has 2 aromatic carbocycles. The number of aromatic nitrogens is 1. The van der Waals surface area contributed by atoms with Crippen molar-refractivity contribution in [3.8, 4) is 11.5 Å². The van der Waals surface area contributed by atoms with E-state index in [0.717, 1.165) is 52.8 Å². The topological polar surface area (TPSA) is 54.9 Å². The fourth-order valence-electron chi connectivity index (χ4n) is 3.63. The molecular formula is C24H29N3O3S. The average molecular weight is 440 g/mol. The van der Waals surface area contributed by atoms with Crippen molar-refractivity contribution < 1.29 is 14.3 Å². The van der Waals surface area contributed by atoms with Gasteiger partial charge in [-0.15, -0.1) is 0 Å². The zero-order valence-electron chi connectivity index (χ0n) is 18.2. The lowest BCUT2D eigenvalue weighted by Crippen LogP contribution is -2.48. The molecule has 4 rings (SSSR count). The van der Waals surface area contributed by atoms with E-state index in [-0.39, 0.29) is 5.91 Å². The Kier molecular flexibility index (Phi) is 6.92. The highest BCUT2D eigenvalue weighted by atomic mass is 32.1. The summed E-state index contributed by atoms with van der Waals surface area (Å²) in [6, 6.07) is 13.5. The van der Waals surface area contributed by atoms with E-state index in [1.165, 1.54) is 0 Å². The number of hydrogen-bond donors (Lipinski definition) is 0. The summed E-state index contributed by atoms with van der Waals surface area (Å²) in [5.74, 6) is 1.72. The van der Waals surface area contributed by atoms with Crippen LogP contribution in [0.2, 0.25) is 0 Å². The highest BCUT2D eigenvalue weighted by molar-refractivity contribution is 7.22. The lowest BCUT2D eigenvalue weighted by molar-refractivity contribution is 0.0746. The number of thiazole rings is 1. The molecule has 3 aromatic rings. The molecule has 1 amide bonds. The van der Waals surface area contributed by atoms with Gasteiger partial charge in [-0.25, -0.2) is 4.98 Å². The van der Waals surface area contributed by atoms with Gasteiger partial charge in [-0.2, -0.15) is 0 Å². The van der Waals surface area contributed by atoms with Crippen LogP contribution in [0.1, 0.15) is 37.0 Å². The van der Waals surface area contributed by atoms with E-state index in [2.05, 4.69) is 17.9 Å². The first-order valence-electron chi connectivity index (χ1n) is 11.0. The monoisotopic (exact) mass is 439 g/mol. The quantitative estimate of drug-likeness (QED) is 0.470. The van der Waals surface area contributed by atoms with E-state index in [1.807, 2.05) is 48.2 Å². The highest BCUT2D eigenvalue weighted by Crippen LogP contribution is 2.34. The number of unbranched alkanes of at least 4 members (excludes halogenated alkanes) is 1. The van der Waals surface area contributed by atoms with Crippen molar-refractivity contribution in [1.82, 2.24) is 9.88 Å². The Morgan fingerprint density at radius 3 is 2.52 bits per heavy atom. The summed E-state index contributed by atoms with van der Waals surface area (Å²) in [6.45, 7) is 8.36. The highest BCUT2D eigenvalue weighted by Gasteiger charge is 2.24. The van der Waals surface area contributed by atoms with Gasteiger partial charge in [0.1, 0.15) is 17.0 Å². The van der Waals surface area contributed by atoms with Crippen LogP contribution in [-0.2, 0) is 0 Å². The van der Waals surface area contributed by atoms with Crippen molar-refractivity contribution in [2.45, 2.75) is 26.7 Å². The summed E-state index contributed by atoms with van der Waals surface area (Å²) in [5, 5.41) is 0.989. The van der Waals surface area contributed by atoms with Crippen LogP contribution in [0.25, 0.3) is 10.2 Å². The Morgan fingerprint density at radius 1 is 1.03 bits per heavy atom. The van der Waals surface area contributed by atoms with Crippen LogP contribution in [0.4, 0.5) is 5.13 Å². The van der Waals surface area contributed by atoms with Crippen molar-refractivity contribution in [2.75, 3.05) is 44.3 Å². The van der Waals surface area contributed by atoms with Crippen LogP contribution in [-0.4, -0.2) is 55.2 Å². The van der Waals surface area contributed by atoms with Gasteiger partial charge in [0.2, 0.25) is 0 Å². The molecule has 1 aromatic heterocycles. The van der Waals surface area contributed by atoms with Gasteiger partial charge in [0, 0.05) is 31.7 Å². The molecule has 164 valence electrons. The zero-order valence-corrected chi connectivity index (χ0v) is 19.0. The molecule has 6 nitrogen and oxygen atoms in total. The second-order valence-electron chi connectivity index (χ2n) is 7.54. The normalized spacial score (nSPS) is 14.1. The molecule has 0 spiro atoms. The van der Waals surface area contributed by atoms with E-state index < -0.39 is 0 Å². The standard InChI is InChI=1S/C24H29N3O3S/c1-3-5-17-30-19-11-9-18(10-12-19)23(28)26-13-15-27(16-14-26)24-25-22-20(29-4-2)7-6-8-21(22)31-24/h6-12H,3-5,13-17H2,1-2H3. The Balaban J connectivity index is 1.36. The molecule has 1 aliphatic rings. The number of carbonyl (C=O) groups excluding carboxylic acids is 1. The van der Waals surface area contributed by atoms with Crippen LogP contribution in [0, 0.1) is 0 Å². The molecule has 1 saturated heterocycles. The number of fused-ring (bicyclic) bond motifs is 1. The molecule has 1 fully saturated rings. The van der Waals surface area contributed by atoms with Crippen LogP contribution in [0.5, 0.6) is 11.5 Å². The van der Waals surface area contributed by atoms with Gasteiger partial charge in [0.05, 0.1) is 17.9 Å². The van der Waals surface area contributed by atoms with Gasteiger partial charge in [-0.05, 0) is 49.7 Å². The summed E-state index contributed by atoms with van der Waals surface area (Å²) in [6.07, 6.45) is 2.14. The smallest absolute Gasteiger partial charge is 0.253 e. The third-order valence-corrected chi connectivity index (χ3v) is 6.46. The number of hydrogen-bond acceptors (Lipinski definition) is 6. The van der Waals surface area contributed by atoms with Crippen molar-refractivity contribution in [3.63, 3.8) is 0 Å². The molecule has 7 heteroatoms. The number of carbonyl (C=O) groups is 1. The molecule has 0 N–H and O–H groups in total. The molecule has 31 heavy (non-hydrogen) atoms. The summed E-state index contributed by atoms with van der Waals surface area (Å²) < 4.78 is 12.5. The van der Waals surface area contributed by atoms with Crippen LogP contribution in [0.3, 0.4) is 0 Å². The maximum Gasteiger partial charge on any atom is 0.253 e. The molecule has 0 aliphatic carbocycles. The largest absolute Gasteiger partial charge is 0.494 e. The van der Waals surface area contributed by atoms with Gasteiger partial charge < -0.3 is 19.3 Å². The Hall–Kier alpha value is -2.80. The molecule has 0 radical (unpaired) electrons. The molecule has 0 bridgehead atoms. The zero-order chi connectivity index (χ0) is 21.6. The van der Waals surface area contributed by atoms with Gasteiger partial charge in [-0.3, -0.25) is 4.79 Å². The van der Waals surface area contributed by atoms with E-state index in [0.29, 0.717) is 31.9 Å². The number of benzene rings is 2. The fraction of sp³-hybridized carbons (Fsp3) is 0.417. The maximum absolute atomic E-state index is 12.9. The Bertz CT molecular complexity index is 1010. The van der Waals surface area contributed by atoms with Crippen molar-refractivity contribution >= 4 is 32.6 Å². The first kappa shape index (κ1) is 21.4. The second kappa shape index (κ2) is 10.0. The minimum absolute atomic E-state index is 0.0719. The maximum atomic E-state index is 12.9. The lowest BCUT2D eigenvalue weighted by Gasteiger charge is -2.34. The predicted octanol–water partition coefficient (Wildman–Crippen LogP) is 4.84. The first-order valence-corrected chi connectivity index (χ1v) is 11.8. The van der Waals surface area contributed by atoms with Gasteiger partial charge >= 0.3 is 0 Å². The number of nitrogens with zero attached hydrogens (tertiary/aromatic N) is 3. The molecule has 1 aliphatic heterocycles.